The molecule has 4 rings (SSSR count). The predicted octanol–water partition coefficient (Wildman–Crippen LogP) is 4.04. The van der Waals surface area contributed by atoms with Gasteiger partial charge in [-0.1, -0.05) is 0 Å². The molecule has 1 aliphatic heterocycles. The number of aromatic amines is 1. The average Bonchev–Trinajstić information content (AvgIpc) is 3.40. The van der Waals surface area contributed by atoms with Crippen molar-refractivity contribution in [3.05, 3.63) is 53.5 Å². The number of ether oxygens (including phenoxy) is 2. The van der Waals surface area contributed by atoms with Crippen LogP contribution in [-0.4, -0.2) is 72.2 Å². The van der Waals surface area contributed by atoms with Gasteiger partial charge in [-0.2, -0.15) is 0 Å². The van der Waals surface area contributed by atoms with Gasteiger partial charge in [0.2, 0.25) is 0 Å². The number of amides is 1. The molecule has 0 aliphatic carbocycles. The molecule has 1 aliphatic rings. The van der Waals surface area contributed by atoms with Gasteiger partial charge in [-0.05, 0) is 62.9 Å². The number of aromatic nitrogens is 3. The summed E-state index contributed by atoms with van der Waals surface area (Å²) in [4.78, 5) is 29.2. The van der Waals surface area contributed by atoms with E-state index in [0.29, 0.717) is 18.8 Å². The number of piperidine rings is 1. The Kier molecular flexibility index (Phi) is 8.66. The van der Waals surface area contributed by atoms with Crippen molar-refractivity contribution in [2.24, 2.45) is 0 Å². The van der Waals surface area contributed by atoms with Gasteiger partial charge in [-0.3, -0.25) is 9.69 Å². The minimum atomic E-state index is -0.0596. The highest BCUT2D eigenvalue weighted by molar-refractivity contribution is 5.94. The molecule has 1 saturated heterocycles. The molecule has 37 heavy (non-hydrogen) atoms. The summed E-state index contributed by atoms with van der Waals surface area (Å²) in [7, 11) is 3.90. The van der Waals surface area contributed by atoms with E-state index in [9.17, 15) is 4.79 Å². The molecule has 3 heterocycles. The number of anilines is 1. The number of nitrogens with zero attached hydrogens (tertiary/aromatic N) is 4. The van der Waals surface area contributed by atoms with Crippen LogP contribution in [0, 0.1) is 6.92 Å². The summed E-state index contributed by atoms with van der Waals surface area (Å²) in [5.74, 6) is 3.09. The zero-order chi connectivity index (χ0) is 26.4. The maximum Gasteiger partial charge on any atom is 0.253 e. The van der Waals surface area contributed by atoms with E-state index in [-0.39, 0.29) is 11.9 Å². The zero-order valence-electron chi connectivity index (χ0n) is 22.5. The molecule has 2 aromatic heterocycles. The number of likely N-dealkylation sites (tertiary alicyclic amines) is 1. The molecule has 1 fully saturated rings. The third-order valence-electron chi connectivity index (χ3n) is 6.53. The first-order valence-electron chi connectivity index (χ1n) is 13.0. The van der Waals surface area contributed by atoms with Gasteiger partial charge < -0.3 is 24.7 Å². The summed E-state index contributed by atoms with van der Waals surface area (Å²) in [5.41, 5.74) is 3.58. The lowest BCUT2D eigenvalue weighted by molar-refractivity contribution is 0.0908. The second-order valence-corrected chi connectivity index (χ2v) is 9.55. The molecule has 0 bridgehead atoms. The fraction of sp³-hybridized carbons (Fsp3) is 0.464. The van der Waals surface area contributed by atoms with E-state index >= 15 is 0 Å². The van der Waals surface area contributed by atoms with Crippen LogP contribution in [0.3, 0.4) is 0 Å². The highest BCUT2D eigenvalue weighted by Crippen LogP contribution is 2.38. The highest BCUT2D eigenvalue weighted by atomic mass is 16.5. The number of hydrogen-bond acceptors (Lipinski definition) is 7. The quantitative estimate of drug-likeness (QED) is 0.429. The van der Waals surface area contributed by atoms with E-state index in [0.717, 1.165) is 72.3 Å². The average molecular weight is 507 g/mol. The Hall–Kier alpha value is -3.59. The van der Waals surface area contributed by atoms with Crippen LogP contribution in [0.2, 0.25) is 0 Å². The lowest BCUT2D eigenvalue weighted by Crippen LogP contribution is -2.44. The number of nitrogens with one attached hydrogen (secondary N) is 2. The summed E-state index contributed by atoms with van der Waals surface area (Å²) in [6, 6.07) is 6.23. The molecule has 9 nitrogen and oxygen atoms in total. The van der Waals surface area contributed by atoms with Gasteiger partial charge in [0.05, 0.1) is 18.8 Å². The summed E-state index contributed by atoms with van der Waals surface area (Å²) in [5, 5.41) is 3.20. The third-order valence-corrected chi connectivity index (χ3v) is 6.53. The minimum absolute atomic E-state index is 0.0596. The maximum atomic E-state index is 12.8. The lowest BCUT2D eigenvalue weighted by atomic mass is 10.0. The molecule has 198 valence electrons. The Balaban J connectivity index is 1.39. The number of carbonyl (C=O) groups excluding carboxylic acids is 1. The second-order valence-electron chi connectivity index (χ2n) is 9.55. The summed E-state index contributed by atoms with van der Waals surface area (Å²) < 4.78 is 12.0. The maximum absolute atomic E-state index is 12.8. The standard InChI is InChI=1S/C28H38N6O3/c1-6-36-23-15-20(16-24(37-7-2)25(23)26-29-10-11-30-26)18-34-12-8-22(9-13-34)32-28(35)21-14-19(3)27(31-17-21)33(4)5/h10-11,14-17,22H,6-9,12-13,18H2,1-5H3,(H,29,30)(H,32,35). The topological polar surface area (TPSA) is 95.6 Å². The van der Waals surface area contributed by atoms with Gasteiger partial charge in [-0.25, -0.2) is 9.97 Å². The third kappa shape index (κ3) is 6.40. The molecular formula is C28H38N6O3. The molecular weight excluding hydrogens is 468 g/mol. The van der Waals surface area contributed by atoms with Crippen LogP contribution in [-0.2, 0) is 6.54 Å². The Morgan fingerprint density at radius 3 is 2.32 bits per heavy atom. The molecule has 0 saturated carbocycles. The highest BCUT2D eigenvalue weighted by Gasteiger charge is 2.23. The van der Waals surface area contributed by atoms with Gasteiger partial charge >= 0.3 is 0 Å². The number of pyridine rings is 1. The molecule has 3 aromatic rings. The van der Waals surface area contributed by atoms with Crippen molar-refractivity contribution in [1.29, 1.82) is 0 Å². The Bertz CT molecular complexity index is 1160. The Labute approximate surface area is 219 Å². The molecule has 0 atom stereocenters. The largest absolute Gasteiger partial charge is 0.493 e. The molecule has 9 heteroatoms. The molecule has 1 amide bonds. The fourth-order valence-corrected chi connectivity index (χ4v) is 4.83. The van der Waals surface area contributed by atoms with E-state index < -0.39 is 0 Å². The van der Waals surface area contributed by atoms with Crippen LogP contribution in [0.25, 0.3) is 11.4 Å². The zero-order valence-corrected chi connectivity index (χ0v) is 22.5. The minimum Gasteiger partial charge on any atom is -0.493 e. The van der Waals surface area contributed by atoms with Crippen LogP contribution >= 0.6 is 0 Å². The summed E-state index contributed by atoms with van der Waals surface area (Å²) in [6.45, 7) is 9.63. The fourth-order valence-electron chi connectivity index (χ4n) is 4.83. The van der Waals surface area contributed by atoms with Crippen molar-refractivity contribution in [1.82, 2.24) is 25.2 Å². The number of imidazole rings is 1. The first kappa shape index (κ1) is 26.5. The van der Waals surface area contributed by atoms with E-state index in [2.05, 4.69) is 37.3 Å². The number of aryl methyl sites for hydroxylation is 1. The van der Waals surface area contributed by atoms with Gasteiger partial charge in [0.1, 0.15) is 28.7 Å². The summed E-state index contributed by atoms with van der Waals surface area (Å²) >= 11 is 0. The van der Waals surface area contributed by atoms with Crippen molar-refractivity contribution < 1.29 is 14.3 Å². The number of H-pyrrole nitrogens is 1. The normalized spacial score (nSPS) is 14.4. The van der Waals surface area contributed by atoms with Crippen LogP contribution in [0.15, 0.2) is 36.8 Å². The van der Waals surface area contributed by atoms with Crippen molar-refractivity contribution in [3.63, 3.8) is 0 Å². The molecule has 0 radical (unpaired) electrons. The van der Waals surface area contributed by atoms with Crippen LogP contribution in [0.5, 0.6) is 11.5 Å². The van der Waals surface area contributed by atoms with E-state index in [4.69, 9.17) is 9.47 Å². The smallest absolute Gasteiger partial charge is 0.253 e. The predicted molar refractivity (Wildman–Crippen MR) is 145 cm³/mol. The van der Waals surface area contributed by atoms with Gasteiger partial charge in [-0.15, -0.1) is 0 Å². The summed E-state index contributed by atoms with van der Waals surface area (Å²) in [6.07, 6.45) is 6.98. The van der Waals surface area contributed by atoms with Crippen molar-refractivity contribution >= 4 is 11.7 Å². The molecule has 1 aromatic carbocycles. The second kappa shape index (κ2) is 12.1. The monoisotopic (exact) mass is 506 g/mol. The Morgan fingerprint density at radius 2 is 1.78 bits per heavy atom. The van der Waals surface area contributed by atoms with Crippen LogP contribution in [0.1, 0.15) is 48.2 Å². The van der Waals surface area contributed by atoms with Crippen molar-refractivity contribution in [2.75, 3.05) is 45.3 Å². The van der Waals surface area contributed by atoms with E-state index in [1.54, 1.807) is 18.6 Å². The number of hydrogen-bond donors (Lipinski definition) is 2. The van der Waals surface area contributed by atoms with Gasteiger partial charge in [0, 0.05) is 58.4 Å². The number of carbonyl (C=O) groups is 1. The first-order valence-corrected chi connectivity index (χ1v) is 13.0. The molecule has 2 N–H and O–H groups in total. The van der Waals surface area contributed by atoms with Gasteiger partial charge in [0.15, 0.2) is 0 Å². The Morgan fingerprint density at radius 1 is 1.11 bits per heavy atom. The van der Waals surface area contributed by atoms with E-state index in [1.807, 2.05) is 45.8 Å². The number of rotatable bonds is 10. The van der Waals surface area contributed by atoms with Crippen LogP contribution < -0.4 is 19.7 Å². The van der Waals surface area contributed by atoms with Gasteiger partial charge in [0.25, 0.3) is 5.91 Å². The lowest BCUT2D eigenvalue weighted by Gasteiger charge is -2.32. The van der Waals surface area contributed by atoms with Crippen molar-refractivity contribution in [2.45, 2.75) is 46.2 Å². The molecule has 0 spiro atoms. The molecule has 0 unspecified atom stereocenters. The first-order chi connectivity index (χ1) is 17.9. The number of benzene rings is 1. The van der Waals surface area contributed by atoms with E-state index in [1.165, 1.54) is 0 Å². The van der Waals surface area contributed by atoms with Crippen LogP contribution in [0.4, 0.5) is 5.82 Å². The van der Waals surface area contributed by atoms with Crippen molar-refractivity contribution in [3.8, 4) is 22.9 Å². The SMILES string of the molecule is CCOc1cc(CN2CCC(NC(=O)c3cnc(N(C)C)c(C)c3)CC2)cc(OCC)c1-c1ncc[nH]1.